The molecule has 2 aromatic heterocycles. The fraction of sp³-hybridized carbons (Fsp3) is 0.458. The number of hydrogen-bond acceptors (Lipinski definition) is 5. The third kappa shape index (κ3) is 4.22. The van der Waals surface area contributed by atoms with Crippen LogP contribution in [0.3, 0.4) is 0 Å². The van der Waals surface area contributed by atoms with Crippen molar-refractivity contribution in [2.24, 2.45) is 5.73 Å². The molecule has 1 atom stereocenters. The summed E-state index contributed by atoms with van der Waals surface area (Å²) in [7, 11) is 0. The summed E-state index contributed by atoms with van der Waals surface area (Å²) >= 11 is 0. The van der Waals surface area contributed by atoms with Crippen LogP contribution in [0.2, 0.25) is 0 Å². The summed E-state index contributed by atoms with van der Waals surface area (Å²) in [5, 5.41) is 0. The number of fused-ring (bicyclic) bond motifs is 1. The lowest BCUT2D eigenvalue weighted by molar-refractivity contribution is -0.135. The number of amides is 2. The van der Waals surface area contributed by atoms with Crippen LogP contribution >= 0.6 is 0 Å². The lowest BCUT2D eigenvalue weighted by Crippen LogP contribution is -2.39. The van der Waals surface area contributed by atoms with E-state index in [2.05, 4.69) is 34.4 Å². The summed E-state index contributed by atoms with van der Waals surface area (Å²) in [4.78, 5) is 40.4. The maximum atomic E-state index is 13.3. The standard InChI is InChI=1S/C24H30N6O2/c1-15(2)24-28-18-8-4-5-9-19(18)30(24)13-11-21(31)29-12-7-6-10-20(29)23-26-14-17(22(25)32)16(3)27-23/h4-5,8-9,14-15,20H,6-7,10-13H2,1-3H3,(H2,25,32). The number of primary amides is 1. The minimum absolute atomic E-state index is 0.0856. The smallest absolute Gasteiger partial charge is 0.252 e. The van der Waals surface area contributed by atoms with Gasteiger partial charge in [-0.2, -0.15) is 0 Å². The predicted molar refractivity (Wildman–Crippen MR) is 122 cm³/mol. The molecule has 32 heavy (non-hydrogen) atoms. The highest BCUT2D eigenvalue weighted by Crippen LogP contribution is 2.30. The van der Waals surface area contributed by atoms with Crippen LogP contribution in [-0.2, 0) is 11.3 Å². The maximum Gasteiger partial charge on any atom is 0.252 e. The van der Waals surface area contributed by atoms with Gasteiger partial charge in [-0.15, -0.1) is 0 Å². The average molecular weight is 435 g/mol. The summed E-state index contributed by atoms with van der Waals surface area (Å²) in [5.74, 6) is 1.38. The number of para-hydroxylation sites is 2. The Kier molecular flexibility index (Phi) is 6.21. The van der Waals surface area contributed by atoms with Crippen molar-refractivity contribution in [2.45, 2.75) is 65.0 Å². The van der Waals surface area contributed by atoms with Gasteiger partial charge in [-0.05, 0) is 38.3 Å². The van der Waals surface area contributed by atoms with E-state index in [1.54, 1.807) is 6.92 Å². The molecule has 4 rings (SSSR count). The van der Waals surface area contributed by atoms with Crippen LogP contribution in [0.5, 0.6) is 0 Å². The van der Waals surface area contributed by atoms with Crippen LogP contribution in [0.15, 0.2) is 30.5 Å². The number of hydrogen-bond donors (Lipinski definition) is 1. The second-order valence-corrected chi connectivity index (χ2v) is 8.71. The summed E-state index contributed by atoms with van der Waals surface area (Å²) in [6.07, 6.45) is 4.65. The van der Waals surface area contributed by atoms with Gasteiger partial charge in [0.15, 0.2) is 5.82 Å². The first-order chi connectivity index (χ1) is 15.4. The molecule has 0 radical (unpaired) electrons. The van der Waals surface area contributed by atoms with Crippen LogP contribution in [0.4, 0.5) is 0 Å². The van der Waals surface area contributed by atoms with Crippen molar-refractivity contribution in [3.63, 3.8) is 0 Å². The largest absolute Gasteiger partial charge is 0.365 e. The second-order valence-electron chi connectivity index (χ2n) is 8.71. The normalized spacial score (nSPS) is 16.6. The van der Waals surface area contributed by atoms with Gasteiger partial charge < -0.3 is 15.2 Å². The number of benzene rings is 1. The highest BCUT2D eigenvalue weighted by atomic mass is 16.2. The van der Waals surface area contributed by atoms with Crippen LogP contribution in [0, 0.1) is 6.92 Å². The van der Waals surface area contributed by atoms with E-state index in [1.165, 1.54) is 6.20 Å². The van der Waals surface area contributed by atoms with E-state index in [0.29, 0.717) is 36.6 Å². The Morgan fingerprint density at radius 1 is 1.19 bits per heavy atom. The van der Waals surface area contributed by atoms with Gasteiger partial charge >= 0.3 is 0 Å². The third-order valence-corrected chi connectivity index (χ3v) is 6.13. The Hall–Kier alpha value is -3.29. The van der Waals surface area contributed by atoms with Crippen molar-refractivity contribution in [1.29, 1.82) is 0 Å². The second kappa shape index (κ2) is 9.06. The Morgan fingerprint density at radius 2 is 1.97 bits per heavy atom. The Bertz CT molecular complexity index is 1150. The number of rotatable bonds is 6. The molecule has 1 aliphatic rings. The lowest BCUT2D eigenvalue weighted by Gasteiger charge is -2.35. The minimum Gasteiger partial charge on any atom is -0.365 e. The van der Waals surface area contributed by atoms with Gasteiger partial charge in [-0.1, -0.05) is 26.0 Å². The molecule has 1 saturated heterocycles. The third-order valence-electron chi connectivity index (χ3n) is 6.13. The molecule has 0 spiro atoms. The van der Waals surface area contributed by atoms with E-state index in [-0.39, 0.29) is 17.9 Å². The zero-order valence-corrected chi connectivity index (χ0v) is 18.9. The van der Waals surface area contributed by atoms with Crippen molar-refractivity contribution < 1.29 is 9.59 Å². The number of carbonyl (C=O) groups excluding carboxylic acids is 2. The molecule has 8 nitrogen and oxygen atoms in total. The van der Waals surface area contributed by atoms with Crippen molar-refractivity contribution in [1.82, 2.24) is 24.4 Å². The van der Waals surface area contributed by atoms with Gasteiger partial charge in [0.25, 0.3) is 5.91 Å². The molecule has 0 saturated carbocycles. The van der Waals surface area contributed by atoms with E-state index >= 15 is 0 Å². The summed E-state index contributed by atoms with van der Waals surface area (Å²) in [6, 6.07) is 7.87. The molecule has 2 N–H and O–H groups in total. The molecule has 3 heterocycles. The molecule has 1 unspecified atom stereocenters. The van der Waals surface area contributed by atoms with Crippen LogP contribution in [-0.4, -0.2) is 42.8 Å². The first-order valence-corrected chi connectivity index (χ1v) is 11.2. The molecule has 0 aliphatic carbocycles. The summed E-state index contributed by atoms with van der Waals surface area (Å²) in [6.45, 7) is 7.25. The quantitative estimate of drug-likeness (QED) is 0.639. The molecule has 2 amide bonds. The molecule has 0 bridgehead atoms. The number of likely N-dealkylation sites (tertiary alicyclic amines) is 1. The lowest BCUT2D eigenvalue weighted by atomic mass is 10.0. The molecular formula is C24H30N6O2. The summed E-state index contributed by atoms with van der Waals surface area (Å²) in [5.41, 5.74) is 8.26. The number of carbonyl (C=O) groups is 2. The van der Waals surface area contributed by atoms with E-state index in [9.17, 15) is 9.59 Å². The average Bonchev–Trinajstić information content (AvgIpc) is 3.16. The molecule has 1 aliphatic heterocycles. The number of piperidine rings is 1. The number of nitrogens with two attached hydrogens (primary N) is 1. The molecule has 1 fully saturated rings. The first kappa shape index (κ1) is 21.9. The SMILES string of the molecule is Cc1nc(C2CCCCN2C(=O)CCn2c(C(C)C)nc3ccccc32)ncc1C(N)=O. The van der Waals surface area contributed by atoms with Crippen LogP contribution in [0.25, 0.3) is 11.0 Å². The van der Waals surface area contributed by atoms with Gasteiger partial charge in [0.05, 0.1) is 28.3 Å². The zero-order valence-electron chi connectivity index (χ0n) is 18.9. The Labute approximate surface area is 187 Å². The molecule has 3 aromatic rings. The molecular weight excluding hydrogens is 404 g/mol. The molecule has 168 valence electrons. The van der Waals surface area contributed by atoms with Crippen LogP contribution < -0.4 is 5.73 Å². The van der Waals surface area contributed by atoms with E-state index in [0.717, 1.165) is 36.1 Å². The van der Waals surface area contributed by atoms with Crippen molar-refractivity contribution >= 4 is 22.8 Å². The molecule has 1 aromatic carbocycles. The monoisotopic (exact) mass is 434 g/mol. The Morgan fingerprint density at radius 3 is 2.69 bits per heavy atom. The van der Waals surface area contributed by atoms with E-state index in [4.69, 9.17) is 10.7 Å². The van der Waals surface area contributed by atoms with Gasteiger partial charge in [-0.3, -0.25) is 9.59 Å². The van der Waals surface area contributed by atoms with Gasteiger partial charge in [0.1, 0.15) is 5.82 Å². The van der Waals surface area contributed by atoms with Crippen molar-refractivity contribution in [2.75, 3.05) is 6.54 Å². The fourth-order valence-corrected chi connectivity index (χ4v) is 4.51. The number of aryl methyl sites for hydroxylation is 2. The first-order valence-electron chi connectivity index (χ1n) is 11.2. The van der Waals surface area contributed by atoms with Crippen LogP contribution in [0.1, 0.15) is 79.2 Å². The van der Waals surface area contributed by atoms with Gasteiger partial charge in [0.2, 0.25) is 5.91 Å². The maximum absolute atomic E-state index is 13.3. The topological polar surface area (TPSA) is 107 Å². The number of aromatic nitrogens is 4. The highest BCUT2D eigenvalue weighted by molar-refractivity contribution is 5.93. The van der Waals surface area contributed by atoms with E-state index < -0.39 is 5.91 Å². The van der Waals surface area contributed by atoms with E-state index in [1.807, 2.05) is 23.1 Å². The number of imidazole rings is 1. The highest BCUT2D eigenvalue weighted by Gasteiger charge is 2.30. The minimum atomic E-state index is -0.542. The number of nitrogens with zero attached hydrogens (tertiary/aromatic N) is 5. The predicted octanol–water partition coefficient (Wildman–Crippen LogP) is 3.50. The summed E-state index contributed by atoms with van der Waals surface area (Å²) < 4.78 is 2.17. The molecule has 8 heteroatoms. The van der Waals surface area contributed by atoms with Crippen molar-refractivity contribution in [3.8, 4) is 0 Å². The van der Waals surface area contributed by atoms with Crippen molar-refractivity contribution in [3.05, 3.63) is 53.4 Å². The Balaban J connectivity index is 1.55. The van der Waals surface area contributed by atoms with Gasteiger partial charge in [0, 0.05) is 31.6 Å². The zero-order chi connectivity index (χ0) is 22.8. The fourth-order valence-electron chi connectivity index (χ4n) is 4.51. The van der Waals surface area contributed by atoms with Gasteiger partial charge in [-0.25, -0.2) is 15.0 Å².